The molecule has 1 fully saturated rings. The average molecular weight is 395 g/mol. The topological polar surface area (TPSA) is 110 Å². The molecule has 0 bridgehead atoms. The van der Waals surface area contributed by atoms with Crippen molar-refractivity contribution in [3.63, 3.8) is 0 Å². The molecule has 1 aliphatic heterocycles. The van der Waals surface area contributed by atoms with Crippen molar-refractivity contribution in [1.82, 2.24) is 15.2 Å². The van der Waals surface area contributed by atoms with Gasteiger partial charge >= 0.3 is 0 Å². The minimum absolute atomic E-state index is 0.0874. The van der Waals surface area contributed by atoms with Crippen LogP contribution in [0.1, 0.15) is 12.5 Å². The first-order valence-electron chi connectivity index (χ1n) is 8.37. The van der Waals surface area contributed by atoms with E-state index in [2.05, 4.69) is 10.6 Å². The first-order chi connectivity index (χ1) is 13.4. The Morgan fingerprint density at radius 2 is 1.79 bits per heavy atom. The minimum Gasteiger partial charge on any atom is -0.463 e. The van der Waals surface area contributed by atoms with Crippen LogP contribution in [0.3, 0.4) is 0 Å². The number of thiocarbonyl (C=S) groups is 1. The van der Waals surface area contributed by atoms with Crippen molar-refractivity contribution in [1.29, 1.82) is 0 Å². The van der Waals surface area contributed by atoms with Gasteiger partial charge in [-0.1, -0.05) is 12.1 Å². The molecule has 9 heteroatoms. The zero-order valence-corrected chi connectivity index (χ0v) is 15.4. The van der Waals surface area contributed by atoms with Crippen molar-refractivity contribution >= 4 is 57.1 Å². The molecule has 3 heterocycles. The summed E-state index contributed by atoms with van der Waals surface area (Å²) in [7, 11) is 0. The quantitative estimate of drug-likeness (QED) is 0.290. The summed E-state index contributed by atoms with van der Waals surface area (Å²) in [5, 5.41) is 4.93. The molecule has 2 amide bonds. The molecule has 4 rings (SSSR count). The number of nitrogens with one attached hydrogen (secondary N) is 2. The number of rotatable bonds is 2. The van der Waals surface area contributed by atoms with E-state index in [1.165, 1.54) is 4.57 Å². The lowest BCUT2D eigenvalue weighted by molar-refractivity contribution is -0.123. The van der Waals surface area contributed by atoms with Crippen LogP contribution in [0, 0.1) is 0 Å². The van der Waals surface area contributed by atoms with E-state index in [9.17, 15) is 19.2 Å². The Balaban J connectivity index is 2.03. The van der Waals surface area contributed by atoms with Gasteiger partial charge in [-0.25, -0.2) is 0 Å². The molecule has 3 aromatic rings. The van der Waals surface area contributed by atoms with Gasteiger partial charge in [-0.2, -0.15) is 0 Å². The van der Waals surface area contributed by atoms with E-state index >= 15 is 0 Å². The summed E-state index contributed by atoms with van der Waals surface area (Å²) in [4.78, 5) is 49.9. The first kappa shape index (κ1) is 17.8. The van der Waals surface area contributed by atoms with Gasteiger partial charge in [0.2, 0.25) is 5.43 Å². The Kier molecular flexibility index (Phi) is 4.16. The maximum atomic E-state index is 13.0. The summed E-state index contributed by atoms with van der Waals surface area (Å²) in [5.41, 5.74) is -0.704. The summed E-state index contributed by atoms with van der Waals surface area (Å²) in [6, 6.07) is 7.10. The molecule has 1 saturated heterocycles. The van der Waals surface area contributed by atoms with Crippen molar-refractivity contribution < 1.29 is 14.0 Å². The lowest BCUT2D eigenvalue weighted by Gasteiger charge is -2.16. The Hall–Kier alpha value is -3.59. The van der Waals surface area contributed by atoms with E-state index in [1.54, 1.807) is 31.2 Å². The van der Waals surface area contributed by atoms with Crippen LogP contribution in [0.2, 0.25) is 0 Å². The fourth-order valence-corrected chi connectivity index (χ4v) is 3.38. The predicted octanol–water partition coefficient (Wildman–Crippen LogP) is 1.04. The highest BCUT2D eigenvalue weighted by atomic mass is 32.1. The van der Waals surface area contributed by atoms with Crippen LogP contribution in [-0.4, -0.2) is 21.5 Å². The molecule has 1 aliphatic rings. The third kappa shape index (κ3) is 2.64. The molecule has 140 valence electrons. The molecule has 0 radical (unpaired) electrons. The zero-order valence-electron chi connectivity index (χ0n) is 14.6. The fourth-order valence-electron chi connectivity index (χ4n) is 3.20. The number of hydrogen-bond donors (Lipinski definition) is 2. The maximum absolute atomic E-state index is 13.0. The highest BCUT2D eigenvalue weighted by Crippen LogP contribution is 2.22. The van der Waals surface area contributed by atoms with Crippen molar-refractivity contribution in [2.24, 2.45) is 0 Å². The molecule has 28 heavy (non-hydrogen) atoms. The number of benzene rings is 1. The highest BCUT2D eigenvalue weighted by Gasteiger charge is 2.26. The van der Waals surface area contributed by atoms with Gasteiger partial charge in [0.15, 0.2) is 10.7 Å². The lowest BCUT2D eigenvalue weighted by Crippen LogP contribution is -2.51. The van der Waals surface area contributed by atoms with E-state index in [0.717, 1.165) is 12.3 Å². The molecule has 0 unspecified atom stereocenters. The van der Waals surface area contributed by atoms with Crippen molar-refractivity contribution in [3.8, 4) is 0 Å². The van der Waals surface area contributed by atoms with E-state index < -0.39 is 22.8 Å². The van der Waals surface area contributed by atoms with Crippen molar-refractivity contribution in [2.75, 3.05) is 0 Å². The van der Waals surface area contributed by atoms with Gasteiger partial charge in [0.1, 0.15) is 17.2 Å². The standard InChI is InChI=1S/C19H13N3O5S/c1-2-22-12-6-4-3-5-10(12)15-13(18(22)26)14(23)9(8-27-15)7-11-16(24)20-19(28)21-17(11)25/h3-8H,2H2,1H3,(H2,20,21,24,25,28). The second-order valence-electron chi connectivity index (χ2n) is 6.09. The van der Waals surface area contributed by atoms with E-state index in [1.807, 2.05) is 0 Å². The Morgan fingerprint density at radius 1 is 1.11 bits per heavy atom. The monoisotopic (exact) mass is 395 g/mol. The van der Waals surface area contributed by atoms with Gasteiger partial charge in [-0.3, -0.25) is 29.8 Å². The highest BCUT2D eigenvalue weighted by molar-refractivity contribution is 7.80. The molecule has 8 nitrogen and oxygen atoms in total. The van der Waals surface area contributed by atoms with Crippen LogP contribution < -0.4 is 21.6 Å². The van der Waals surface area contributed by atoms with Crippen LogP contribution in [0.4, 0.5) is 0 Å². The molecule has 0 saturated carbocycles. The molecule has 0 atom stereocenters. The number of para-hydroxylation sites is 1. The van der Waals surface area contributed by atoms with Gasteiger partial charge < -0.3 is 8.98 Å². The molecular weight excluding hydrogens is 382 g/mol. The van der Waals surface area contributed by atoms with Gasteiger partial charge in [0, 0.05) is 11.9 Å². The molecular formula is C19H13N3O5S. The van der Waals surface area contributed by atoms with Crippen LogP contribution in [0.25, 0.3) is 27.9 Å². The van der Waals surface area contributed by atoms with Gasteiger partial charge in [-0.05, 0) is 37.4 Å². The number of pyridine rings is 1. The van der Waals surface area contributed by atoms with E-state index in [-0.39, 0.29) is 27.2 Å². The summed E-state index contributed by atoms with van der Waals surface area (Å²) < 4.78 is 7.08. The summed E-state index contributed by atoms with van der Waals surface area (Å²) in [5.74, 6) is -1.48. The summed E-state index contributed by atoms with van der Waals surface area (Å²) >= 11 is 4.74. The Bertz CT molecular complexity index is 1330. The number of hydrogen-bond acceptors (Lipinski definition) is 6. The smallest absolute Gasteiger partial charge is 0.266 e. The number of aromatic nitrogens is 1. The fraction of sp³-hybridized carbons (Fsp3) is 0.105. The minimum atomic E-state index is -0.738. The maximum Gasteiger partial charge on any atom is 0.266 e. The number of nitrogens with zero attached hydrogens (tertiary/aromatic N) is 1. The third-order valence-electron chi connectivity index (χ3n) is 4.48. The number of aryl methyl sites for hydroxylation is 1. The second-order valence-corrected chi connectivity index (χ2v) is 6.49. The van der Waals surface area contributed by atoms with Gasteiger partial charge in [0.05, 0.1) is 11.1 Å². The zero-order chi connectivity index (χ0) is 20.0. The van der Waals surface area contributed by atoms with Crippen LogP contribution >= 0.6 is 12.2 Å². The number of carbonyl (C=O) groups excluding carboxylic acids is 2. The lowest BCUT2D eigenvalue weighted by atomic mass is 10.1. The van der Waals surface area contributed by atoms with E-state index in [0.29, 0.717) is 17.4 Å². The molecule has 2 N–H and O–H groups in total. The van der Waals surface area contributed by atoms with Crippen molar-refractivity contribution in [2.45, 2.75) is 13.5 Å². The second kappa shape index (κ2) is 6.54. The predicted molar refractivity (Wildman–Crippen MR) is 107 cm³/mol. The van der Waals surface area contributed by atoms with Gasteiger partial charge in [0.25, 0.3) is 17.4 Å². The van der Waals surface area contributed by atoms with Crippen LogP contribution in [-0.2, 0) is 16.1 Å². The number of carbonyl (C=O) groups is 2. The Labute approximate surface area is 162 Å². The van der Waals surface area contributed by atoms with Crippen LogP contribution in [0.5, 0.6) is 0 Å². The van der Waals surface area contributed by atoms with E-state index in [4.69, 9.17) is 16.6 Å². The molecule has 1 aromatic carbocycles. The average Bonchev–Trinajstić information content (AvgIpc) is 2.66. The molecule has 2 aromatic heterocycles. The summed E-state index contributed by atoms with van der Waals surface area (Å²) in [6.07, 6.45) is 2.22. The first-order valence-corrected chi connectivity index (χ1v) is 8.78. The molecule has 0 aliphatic carbocycles. The van der Waals surface area contributed by atoms with Gasteiger partial charge in [-0.15, -0.1) is 0 Å². The Morgan fingerprint density at radius 3 is 2.46 bits per heavy atom. The van der Waals surface area contributed by atoms with Crippen molar-refractivity contribution in [3.05, 3.63) is 62.2 Å². The summed E-state index contributed by atoms with van der Waals surface area (Å²) in [6.45, 7) is 2.16. The number of amides is 2. The SMILES string of the molecule is CCn1c(=O)c2c(=O)c(C=C3C(=O)NC(=S)NC3=O)coc2c2ccccc21. The molecule has 0 spiro atoms. The largest absolute Gasteiger partial charge is 0.463 e. The van der Waals surface area contributed by atoms with Crippen LogP contribution in [0.15, 0.2) is 50.1 Å². The number of fused-ring (bicyclic) bond motifs is 3. The normalized spacial score (nSPS) is 14.3. The third-order valence-corrected chi connectivity index (χ3v) is 4.68.